The third kappa shape index (κ3) is 2.35. The van der Waals surface area contributed by atoms with Gasteiger partial charge in [-0.15, -0.1) is 15.3 Å². The topological polar surface area (TPSA) is 152 Å². The zero-order chi connectivity index (χ0) is 16.4. The number of nitrogens with one attached hydrogen (secondary N) is 2. The largest absolute Gasteiger partial charge is 0.454 e. The zero-order valence-corrected chi connectivity index (χ0v) is 11.9. The number of anilines is 1. The highest BCUT2D eigenvalue weighted by Gasteiger charge is 2.19. The fourth-order valence-electron chi connectivity index (χ4n) is 2.08. The Kier molecular flexibility index (Phi) is 3.21. The summed E-state index contributed by atoms with van der Waals surface area (Å²) in [5.41, 5.74) is 1.41. The monoisotopic (exact) mass is 324 g/mol. The average molecular weight is 324 g/mol. The second kappa shape index (κ2) is 5.65. The van der Waals surface area contributed by atoms with E-state index in [2.05, 4.69) is 41.5 Å². The van der Waals surface area contributed by atoms with Gasteiger partial charge in [0.1, 0.15) is 18.0 Å². The van der Waals surface area contributed by atoms with Crippen LogP contribution in [0, 0.1) is 11.3 Å². The summed E-state index contributed by atoms with van der Waals surface area (Å²) in [7, 11) is 0. The van der Waals surface area contributed by atoms with E-state index in [9.17, 15) is 5.26 Å². The molecule has 24 heavy (non-hydrogen) atoms. The molecule has 1 aliphatic heterocycles. The van der Waals surface area contributed by atoms with Gasteiger partial charge in [-0.05, 0) is 15.6 Å². The van der Waals surface area contributed by atoms with Crippen molar-refractivity contribution in [2.45, 2.75) is 0 Å². The normalized spacial score (nSPS) is 12.9. The molecule has 0 bridgehead atoms. The van der Waals surface area contributed by atoms with Gasteiger partial charge in [-0.25, -0.2) is 0 Å². The van der Waals surface area contributed by atoms with Crippen molar-refractivity contribution in [1.29, 1.82) is 5.26 Å². The first-order valence-corrected chi connectivity index (χ1v) is 6.63. The summed E-state index contributed by atoms with van der Waals surface area (Å²) in [5, 5.41) is 36.6. The van der Waals surface area contributed by atoms with E-state index in [1.165, 1.54) is 17.2 Å². The molecule has 0 amide bonds. The Morgan fingerprint density at radius 2 is 2.25 bits per heavy atom. The van der Waals surface area contributed by atoms with E-state index in [1.54, 1.807) is 12.1 Å². The molecule has 0 spiro atoms. The number of hydrogen-bond donors (Lipinski definition) is 2. The quantitative estimate of drug-likeness (QED) is 0.621. The van der Waals surface area contributed by atoms with Gasteiger partial charge < -0.3 is 14.8 Å². The molecule has 0 saturated carbocycles. The first-order valence-electron chi connectivity index (χ1n) is 6.63. The lowest BCUT2D eigenvalue weighted by Crippen LogP contribution is -2.02. The van der Waals surface area contributed by atoms with Crippen molar-refractivity contribution < 1.29 is 9.47 Å². The van der Waals surface area contributed by atoms with Crippen molar-refractivity contribution in [2.75, 3.05) is 12.1 Å². The molecule has 3 heterocycles. The number of benzene rings is 1. The van der Waals surface area contributed by atoms with Crippen LogP contribution in [-0.2, 0) is 0 Å². The zero-order valence-electron chi connectivity index (χ0n) is 11.9. The van der Waals surface area contributed by atoms with Gasteiger partial charge in [-0.3, -0.25) is 0 Å². The molecule has 3 aromatic rings. The van der Waals surface area contributed by atoms with E-state index in [0.29, 0.717) is 22.9 Å². The van der Waals surface area contributed by atoms with Crippen LogP contribution in [0.5, 0.6) is 11.5 Å². The molecule has 2 N–H and O–H groups in total. The molecule has 4 rings (SSSR count). The number of rotatable bonds is 4. The summed E-state index contributed by atoms with van der Waals surface area (Å²) in [6, 6.07) is 5.45. The van der Waals surface area contributed by atoms with Gasteiger partial charge >= 0.3 is 0 Å². The Morgan fingerprint density at radius 1 is 1.38 bits per heavy atom. The summed E-state index contributed by atoms with van der Waals surface area (Å²) in [6.07, 6.45) is 2.90. The number of aromatic amines is 1. The van der Waals surface area contributed by atoms with Crippen molar-refractivity contribution in [3.05, 3.63) is 30.5 Å². The van der Waals surface area contributed by atoms with Crippen molar-refractivity contribution in [3.8, 4) is 23.3 Å². The number of fused-ring (bicyclic) bond motifs is 1. The minimum atomic E-state index is 0.135. The molecule has 1 aromatic carbocycles. The third-order valence-electron chi connectivity index (χ3n) is 3.17. The van der Waals surface area contributed by atoms with E-state index in [1.807, 2.05) is 6.07 Å². The van der Waals surface area contributed by atoms with Gasteiger partial charge in [-0.1, -0.05) is 0 Å². The first-order chi connectivity index (χ1) is 11.8. The van der Waals surface area contributed by atoms with Gasteiger partial charge in [-0.2, -0.15) is 15.2 Å². The molecular formula is C12H8N10O2. The number of ether oxygens (including phenoxy) is 2. The van der Waals surface area contributed by atoms with Gasteiger partial charge in [0.25, 0.3) is 0 Å². The summed E-state index contributed by atoms with van der Waals surface area (Å²) in [4.78, 5) is 0. The van der Waals surface area contributed by atoms with E-state index in [0.717, 1.165) is 0 Å². The maximum absolute atomic E-state index is 9.22. The van der Waals surface area contributed by atoms with Crippen LogP contribution in [0.2, 0.25) is 0 Å². The lowest BCUT2D eigenvalue weighted by Gasteiger charge is -2.10. The van der Waals surface area contributed by atoms with Crippen LogP contribution in [0.25, 0.3) is 11.3 Å². The highest BCUT2D eigenvalue weighted by Crippen LogP contribution is 2.38. The molecule has 0 unspecified atom stereocenters. The molecular weight excluding hydrogens is 316 g/mol. The second-order valence-corrected chi connectivity index (χ2v) is 4.53. The van der Waals surface area contributed by atoms with Gasteiger partial charge in [0.05, 0.1) is 11.4 Å². The van der Waals surface area contributed by atoms with Crippen LogP contribution in [0.1, 0.15) is 5.82 Å². The maximum Gasteiger partial charge on any atom is 0.231 e. The Morgan fingerprint density at radius 3 is 2.96 bits per heavy atom. The number of aromatic nitrogens is 8. The predicted octanol–water partition coefficient (Wildman–Crippen LogP) is -0.119. The van der Waals surface area contributed by atoms with E-state index >= 15 is 0 Å². The van der Waals surface area contributed by atoms with Crippen molar-refractivity contribution >= 4 is 11.3 Å². The number of nitriles is 1. The van der Waals surface area contributed by atoms with Crippen LogP contribution >= 0.6 is 0 Å². The molecule has 0 aliphatic carbocycles. The number of allylic oxidation sites excluding steroid dienone is 1. The second-order valence-electron chi connectivity index (χ2n) is 4.53. The van der Waals surface area contributed by atoms with Crippen LogP contribution in [0.4, 0.5) is 5.69 Å². The summed E-state index contributed by atoms with van der Waals surface area (Å²) in [5.74, 6) is 1.32. The fourth-order valence-corrected chi connectivity index (χ4v) is 2.08. The minimum absolute atomic E-state index is 0.135. The smallest absolute Gasteiger partial charge is 0.231 e. The van der Waals surface area contributed by atoms with Gasteiger partial charge in [0, 0.05) is 18.3 Å². The molecule has 0 saturated heterocycles. The standard InChI is InChI=1S/C12H8N10O2/c13-3-7(12-16-19-20-17-12)4-14-8-1-10-11(24-6-23-10)2-9(8)22-5-15-18-21-22/h1-2,4-5,14H,6H2,(H,16,17,19,20). The molecule has 12 heteroatoms. The molecule has 2 aromatic heterocycles. The lowest BCUT2D eigenvalue weighted by atomic mass is 10.2. The van der Waals surface area contributed by atoms with Crippen molar-refractivity contribution in [3.63, 3.8) is 0 Å². The van der Waals surface area contributed by atoms with Crippen LogP contribution in [0.15, 0.2) is 24.7 Å². The van der Waals surface area contributed by atoms with E-state index in [4.69, 9.17) is 9.47 Å². The lowest BCUT2D eigenvalue weighted by molar-refractivity contribution is 0.174. The minimum Gasteiger partial charge on any atom is -0.454 e. The Balaban J connectivity index is 1.73. The van der Waals surface area contributed by atoms with Gasteiger partial charge in [0.2, 0.25) is 12.6 Å². The SMILES string of the molecule is N#CC(=CNc1cc2c(cc1-n1cnnn1)OCO2)c1nn[nH]n1. The van der Waals surface area contributed by atoms with E-state index < -0.39 is 0 Å². The van der Waals surface area contributed by atoms with Crippen LogP contribution < -0.4 is 14.8 Å². The number of nitrogens with zero attached hydrogens (tertiary/aromatic N) is 8. The highest BCUT2D eigenvalue weighted by molar-refractivity contribution is 5.76. The summed E-state index contributed by atoms with van der Waals surface area (Å²) in [6.45, 7) is 0.135. The summed E-state index contributed by atoms with van der Waals surface area (Å²) < 4.78 is 12.2. The Hall–Kier alpha value is -4.01. The van der Waals surface area contributed by atoms with Crippen molar-refractivity contribution in [2.24, 2.45) is 0 Å². The van der Waals surface area contributed by atoms with Crippen LogP contribution in [-0.4, -0.2) is 47.6 Å². The fraction of sp³-hybridized carbons (Fsp3) is 0.0833. The molecule has 0 fully saturated rings. The average Bonchev–Trinajstić information content (AvgIpc) is 3.35. The van der Waals surface area contributed by atoms with Crippen molar-refractivity contribution in [1.82, 2.24) is 40.8 Å². The third-order valence-corrected chi connectivity index (χ3v) is 3.17. The molecule has 1 aliphatic rings. The van der Waals surface area contributed by atoms with E-state index in [-0.39, 0.29) is 18.2 Å². The molecule has 0 radical (unpaired) electrons. The summed E-state index contributed by atoms with van der Waals surface area (Å²) >= 11 is 0. The van der Waals surface area contributed by atoms with Crippen LogP contribution in [0.3, 0.4) is 0 Å². The Labute approximate surface area is 133 Å². The molecule has 12 nitrogen and oxygen atoms in total. The first kappa shape index (κ1) is 13.6. The number of H-pyrrole nitrogens is 1. The maximum atomic E-state index is 9.22. The number of hydrogen-bond acceptors (Lipinski definition) is 10. The highest BCUT2D eigenvalue weighted by atomic mass is 16.7. The number of tetrazole rings is 2. The predicted molar refractivity (Wildman–Crippen MR) is 76.7 cm³/mol. The molecule has 118 valence electrons. The Bertz CT molecular complexity index is 926. The molecule has 0 atom stereocenters. The van der Waals surface area contributed by atoms with Gasteiger partial charge in [0.15, 0.2) is 11.5 Å².